The lowest BCUT2D eigenvalue weighted by atomic mass is 10.4. The highest BCUT2D eigenvalue weighted by molar-refractivity contribution is 7.91. The van der Waals surface area contributed by atoms with Crippen molar-refractivity contribution in [2.45, 2.75) is 24.0 Å². The number of aromatic nitrogens is 1. The lowest BCUT2D eigenvalue weighted by Gasteiger charge is -2.19. The van der Waals surface area contributed by atoms with E-state index in [1.807, 2.05) is 0 Å². The molecule has 0 spiro atoms. The van der Waals surface area contributed by atoms with Crippen LogP contribution in [0.2, 0.25) is 0 Å². The molecule has 1 fully saturated rings. The molecule has 1 aromatic heterocycles. The summed E-state index contributed by atoms with van der Waals surface area (Å²) in [5, 5.41) is 0. The first-order valence-electron chi connectivity index (χ1n) is 6.02. The Hall–Kier alpha value is -0.990. The molecule has 0 radical (unpaired) electrons. The number of nitrogens with zero attached hydrogens (tertiary/aromatic N) is 2. The van der Waals surface area contributed by atoms with Crippen LogP contribution in [0, 0.1) is 5.92 Å². The van der Waals surface area contributed by atoms with E-state index < -0.39 is 16.0 Å². The zero-order chi connectivity index (χ0) is 14.0. The first-order chi connectivity index (χ1) is 9.00. The van der Waals surface area contributed by atoms with Gasteiger partial charge in [0.25, 0.3) is 10.0 Å². The quantitative estimate of drug-likeness (QED) is 0.741. The molecule has 0 amide bonds. The topological polar surface area (TPSA) is 76.6 Å². The van der Waals surface area contributed by atoms with Gasteiger partial charge in [0.05, 0.1) is 12.6 Å². The maximum Gasteiger partial charge on any atom is 0.358 e. The van der Waals surface area contributed by atoms with Gasteiger partial charge in [0.1, 0.15) is 0 Å². The van der Waals surface area contributed by atoms with Gasteiger partial charge in [0, 0.05) is 13.1 Å². The monoisotopic (exact) mass is 304 g/mol. The summed E-state index contributed by atoms with van der Waals surface area (Å²) in [7, 11) is -2.45. The summed E-state index contributed by atoms with van der Waals surface area (Å²) in [6.07, 6.45) is 2.14. The van der Waals surface area contributed by atoms with Gasteiger partial charge in [-0.3, -0.25) is 0 Å². The van der Waals surface area contributed by atoms with Crippen LogP contribution in [0.4, 0.5) is 0 Å². The summed E-state index contributed by atoms with van der Waals surface area (Å²) in [5.74, 6) is -0.272. The van der Waals surface area contributed by atoms with E-state index in [0.29, 0.717) is 19.0 Å². The second-order valence-corrected chi connectivity index (χ2v) is 7.37. The van der Waals surface area contributed by atoms with Gasteiger partial charge < -0.3 is 4.74 Å². The van der Waals surface area contributed by atoms with Crippen LogP contribution in [-0.4, -0.2) is 43.9 Å². The summed E-state index contributed by atoms with van der Waals surface area (Å²) in [6, 6.07) is 0. The van der Waals surface area contributed by atoms with Crippen molar-refractivity contribution in [3.63, 3.8) is 0 Å². The fraction of sp³-hybridized carbons (Fsp3) is 0.636. The third-order valence-corrected chi connectivity index (χ3v) is 6.29. The van der Waals surface area contributed by atoms with Crippen LogP contribution in [0.5, 0.6) is 0 Å². The number of ether oxygens (including phenoxy) is 1. The fourth-order valence-corrected chi connectivity index (χ4v) is 4.55. The molecule has 106 valence electrons. The number of sulfonamides is 1. The van der Waals surface area contributed by atoms with Crippen molar-refractivity contribution in [2.75, 3.05) is 20.2 Å². The van der Waals surface area contributed by atoms with Crippen molar-refractivity contribution >= 4 is 27.3 Å². The zero-order valence-corrected chi connectivity index (χ0v) is 12.5. The Kier molecular flexibility index (Phi) is 4.22. The Labute approximate surface area is 116 Å². The Morgan fingerprint density at radius 2 is 2.26 bits per heavy atom. The number of thiazole rings is 1. The summed E-state index contributed by atoms with van der Waals surface area (Å²) in [5.41, 5.74) is 1.23. The molecular formula is C11H16N2O4S2. The number of carbonyl (C=O) groups is 1. The molecule has 6 nitrogen and oxygen atoms in total. The first kappa shape index (κ1) is 14.4. The molecule has 0 unspecified atom stereocenters. The molecule has 0 aliphatic heterocycles. The van der Waals surface area contributed by atoms with Crippen LogP contribution in [0.25, 0.3) is 0 Å². The van der Waals surface area contributed by atoms with Crippen LogP contribution in [0.15, 0.2) is 9.72 Å². The van der Waals surface area contributed by atoms with Crippen LogP contribution in [0.1, 0.15) is 30.3 Å². The molecule has 0 atom stereocenters. The number of carbonyl (C=O) groups excluding carboxylic acids is 1. The molecule has 8 heteroatoms. The smallest absolute Gasteiger partial charge is 0.358 e. The third-order valence-electron chi connectivity index (χ3n) is 3.00. The van der Waals surface area contributed by atoms with Crippen LogP contribution < -0.4 is 0 Å². The van der Waals surface area contributed by atoms with Crippen molar-refractivity contribution in [1.82, 2.24) is 9.29 Å². The summed E-state index contributed by atoms with van der Waals surface area (Å²) in [6.45, 7) is 2.69. The van der Waals surface area contributed by atoms with Gasteiger partial charge >= 0.3 is 5.97 Å². The van der Waals surface area contributed by atoms with E-state index in [4.69, 9.17) is 0 Å². The predicted octanol–water partition coefficient (Wildman–Crippen LogP) is 1.35. The van der Waals surface area contributed by atoms with Crippen LogP contribution in [0.3, 0.4) is 0 Å². The third kappa shape index (κ3) is 2.96. The van der Waals surface area contributed by atoms with E-state index in [2.05, 4.69) is 9.72 Å². The maximum atomic E-state index is 12.5. The van der Waals surface area contributed by atoms with Crippen molar-refractivity contribution in [3.05, 3.63) is 11.2 Å². The second-order valence-electron chi connectivity index (χ2n) is 4.38. The van der Waals surface area contributed by atoms with E-state index in [9.17, 15) is 13.2 Å². The minimum atomic E-state index is -3.66. The van der Waals surface area contributed by atoms with Crippen LogP contribution >= 0.6 is 11.3 Å². The van der Waals surface area contributed by atoms with Crippen molar-refractivity contribution in [3.8, 4) is 0 Å². The van der Waals surface area contributed by atoms with E-state index in [1.165, 1.54) is 16.9 Å². The van der Waals surface area contributed by atoms with Crippen molar-refractivity contribution in [2.24, 2.45) is 5.92 Å². The molecular weight excluding hydrogens is 288 g/mol. The zero-order valence-electron chi connectivity index (χ0n) is 10.8. The largest absolute Gasteiger partial charge is 0.464 e. The highest BCUT2D eigenvalue weighted by Crippen LogP contribution is 2.32. The Bertz CT molecular complexity index is 563. The first-order valence-corrected chi connectivity index (χ1v) is 8.34. The molecule has 1 saturated carbocycles. The minimum absolute atomic E-state index is 0.0261. The number of hydrogen-bond donors (Lipinski definition) is 0. The summed E-state index contributed by atoms with van der Waals surface area (Å²) in [4.78, 5) is 15.3. The van der Waals surface area contributed by atoms with E-state index in [-0.39, 0.29) is 9.90 Å². The standard InChI is InChI=1S/C11H16N2O4S2/c1-3-13(6-8-4-5-8)19(15,16)11-9(10(14)17-2)12-7-18-11/h7-8H,3-6H2,1-2H3. The van der Waals surface area contributed by atoms with Gasteiger partial charge in [-0.15, -0.1) is 11.3 Å². The summed E-state index contributed by atoms with van der Waals surface area (Å²) < 4.78 is 31.0. The average Bonchev–Trinajstić information content (AvgIpc) is 3.07. The molecule has 2 rings (SSSR count). The number of rotatable bonds is 6. The number of hydrogen-bond acceptors (Lipinski definition) is 6. The normalized spacial score (nSPS) is 15.7. The van der Waals surface area contributed by atoms with Gasteiger partial charge in [0.2, 0.25) is 0 Å². The molecule has 1 aliphatic carbocycles. The molecule has 1 aromatic rings. The predicted molar refractivity (Wildman–Crippen MR) is 70.6 cm³/mol. The fourth-order valence-electron chi connectivity index (χ4n) is 1.75. The minimum Gasteiger partial charge on any atom is -0.464 e. The second kappa shape index (κ2) is 5.56. The number of esters is 1. The molecule has 1 aliphatic rings. The van der Waals surface area contributed by atoms with Gasteiger partial charge in [-0.25, -0.2) is 18.2 Å². The van der Waals surface area contributed by atoms with Gasteiger partial charge in [-0.1, -0.05) is 6.92 Å². The molecule has 19 heavy (non-hydrogen) atoms. The lowest BCUT2D eigenvalue weighted by Crippen LogP contribution is -2.33. The van der Waals surface area contributed by atoms with E-state index in [1.54, 1.807) is 6.92 Å². The van der Waals surface area contributed by atoms with E-state index in [0.717, 1.165) is 24.2 Å². The molecule has 0 bridgehead atoms. The average molecular weight is 304 g/mol. The van der Waals surface area contributed by atoms with Crippen molar-refractivity contribution in [1.29, 1.82) is 0 Å². The van der Waals surface area contributed by atoms with Gasteiger partial charge in [0.15, 0.2) is 9.90 Å². The summed E-state index contributed by atoms with van der Waals surface area (Å²) >= 11 is 0.950. The Morgan fingerprint density at radius 3 is 2.79 bits per heavy atom. The molecule has 0 N–H and O–H groups in total. The highest BCUT2D eigenvalue weighted by atomic mass is 32.2. The maximum absolute atomic E-state index is 12.5. The van der Waals surface area contributed by atoms with Crippen molar-refractivity contribution < 1.29 is 17.9 Å². The van der Waals surface area contributed by atoms with Crippen LogP contribution in [-0.2, 0) is 14.8 Å². The van der Waals surface area contributed by atoms with E-state index >= 15 is 0 Å². The van der Waals surface area contributed by atoms with Gasteiger partial charge in [-0.05, 0) is 18.8 Å². The SMILES string of the molecule is CCN(CC1CC1)S(=O)(=O)c1scnc1C(=O)OC. The Balaban J connectivity index is 2.32. The van der Waals surface area contributed by atoms with Gasteiger partial charge in [-0.2, -0.15) is 4.31 Å². The highest BCUT2D eigenvalue weighted by Gasteiger charge is 2.34. The molecule has 0 saturated heterocycles. The number of methoxy groups -OCH3 is 1. The Morgan fingerprint density at radius 1 is 1.58 bits per heavy atom. The molecule has 1 heterocycles. The molecule has 0 aromatic carbocycles. The lowest BCUT2D eigenvalue weighted by molar-refractivity contribution is 0.0590.